The Balaban J connectivity index is 1.73. The molecule has 16 heteroatoms. The summed E-state index contributed by atoms with van der Waals surface area (Å²) in [7, 11) is 0. The molecule has 0 unspecified atom stereocenters. The zero-order valence-corrected chi connectivity index (χ0v) is 22.3. The van der Waals surface area contributed by atoms with Gasteiger partial charge < -0.3 is 15.2 Å². The van der Waals surface area contributed by atoms with E-state index < -0.39 is 30.5 Å². The second-order valence-corrected chi connectivity index (χ2v) is 9.21. The number of hydrogen-bond acceptors (Lipinski definition) is 8. The van der Waals surface area contributed by atoms with Crippen LogP contribution < -0.4 is 11.0 Å². The minimum Gasteiger partial charge on any atom is -0.465 e. The molecule has 11 nitrogen and oxygen atoms in total. The first kappa shape index (κ1) is 29.1. The summed E-state index contributed by atoms with van der Waals surface area (Å²) in [6.07, 6.45) is -7.77. The van der Waals surface area contributed by atoms with Gasteiger partial charge in [-0.15, -0.1) is 10.2 Å². The SMILES string of the molecule is CCOC(=O)CNc1nc(Cn2nc(-c3ccc(Cl)cc3)n(C[C@H](O)C(F)(F)F)c2=O)nn1-c1cccc(Cl)c1. The summed E-state index contributed by atoms with van der Waals surface area (Å²) in [5, 5.41) is 21.8. The third-order valence-corrected chi connectivity index (χ3v) is 5.94. The Hall–Kier alpha value is -3.88. The zero-order chi connectivity index (χ0) is 29.0. The van der Waals surface area contributed by atoms with E-state index in [-0.39, 0.29) is 37.3 Å². The van der Waals surface area contributed by atoms with Crippen molar-refractivity contribution in [3.63, 3.8) is 0 Å². The fourth-order valence-corrected chi connectivity index (χ4v) is 3.93. The molecule has 4 rings (SSSR count). The maximum atomic E-state index is 13.2. The van der Waals surface area contributed by atoms with E-state index in [4.69, 9.17) is 27.9 Å². The van der Waals surface area contributed by atoms with Gasteiger partial charge in [-0.1, -0.05) is 29.3 Å². The molecule has 0 aliphatic rings. The van der Waals surface area contributed by atoms with E-state index in [1.165, 1.54) is 28.9 Å². The van der Waals surface area contributed by atoms with Crippen molar-refractivity contribution in [3.05, 3.63) is 74.9 Å². The van der Waals surface area contributed by atoms with Crippen molar-refractivity contribution in [2.75, 3.05) is 18.5 Å². The molecule has 212 valence electrons. The molecular formula is C24H22Cl2F3N7O4. The lowest BCUT2D eigenvalue weighted by Crippen LogP contribution is -2.37. The lowest BCUT2D eigenvalue weighted by molar-refractivity contribution is -0.207. The second-order valence-electron chi connectivity index (χ2n) is 8.34. The van der Waals surface area contributed by atoms with Crippen LogP contribution in [0.5, 0.6) is 0 Å². The maximum absolute atomic E-state index is 13.2. The number of aliphatic hydroxyl groups excluding tert-OH is 1. The van der Waals surface area contributed by atoms with Crippen LogP contribution in [0, 0.1) is 0 Å². The van der Waals surface area contributed by atoms with Crippen LogP contribution in [0.3, 0.4) is 0 Å². The molecule has 2 aromatic heterocycles. The third-order valence-electron chi connectivity index (χ3n) is 5.45. The van der Waals surface area contributed by atoms with Crippen molar-refractivity contribution >= 4 is 35.1 Å². The largest absolute Gasteiger partial charge is 0.465 e. The lowest BCUT2D eigenvalue weighted by Gasteiger charge is -2.15. The topological polar surface area (TPSA) is 129 Å². The van der Waals surface area contributed by atoms with Gasteiger partial charge in [0.1, 0.15) is 13.1 Å². The van der Waals surface area contributed by atoms with Crippen molar-refractivity contribution in [1.29, 1.82) is 0 Å². The van der Waals surface area contributed by atoms with Crippen LogP contribution in [0.15, 0.2) is 53.3 Å². The first-order chi connectivity index (χ1) is 19.0. The van der Waals surface area contributed by atoms with Gasteiger partial charge in [-0.2, -0.15) is 22.8 Å². The van der Waals surface area contributed by atoms with E-state index in [9.17, 15) is 27.9 Å². The Morgan fingerprint density at radius 2 is 1.85 bits per heavy atom. The van der Waals surface area contributed by atoms with E-state index >= 15 is 0 Å². The number of nitrogens with one attached hydrogen (secondary N) is 1. The smallest absolute Gasteiger partial charge is 0.416 e. The van der Waals surface area contributed by atoms with Gasteiger partial charge in [-0.3, -0.25) is 9.36 Å². The van der Waals surface area contributed by atoms with Crippen molar-refractivity contribution < 1.29 is 27.8 Å². The first-order valence-corrected chi connectivity index (χ1v) is 12.5. The number of carbonyl (C=O) groups excluding carboxylic acids is 1. The van der Waals surface area contributed by atoms with Crippen molar-refractivity contribution in [2.24, 2.45) is 0 Å². The molecule has 2 heterocycles. The Morgan fingerprint density at radius 1 is 1.12 bits per heavy atom. The molecule has 4 aromatic rings. The molecule has 0 radical (unpaired) electrons. The number of halogens is 5. The van der Waals surface area contributed by atoms with Gasteiger partial charge in [-0.25, -0.2) is 9.48 Å². The first-order valence-electron chi connectivity index (χ1n) is 11.8. The van der Waals surface area contributed by atoms with Crippen LogP contribution in [-0.4, -0.2) is 65.6 Å². The fraction of sp³-hybridized carbons (Fsp3) is 0.292. The maximum Gasteiger partial charge on any atom is 0.416 e. The molecule has 0 saturated heterocycles. The Morgan fingerprint density at radius 3 is 2.50 bits per heavy atom. The van der Waals surface area contributed by atoms with E-state index in [2.05, 4.69) is 20.5 Å². The van der Waals surface area contributed by atoms with Crippen LogP contribution >= 0.6 is 23.2 Å². The molecule has 0 bridgehead atoms. The molecule has 2 N–H and O–H groups in total. The number of carbonyl (C=O) groups is 1. The number of benzene rings is 2. The van der Waals surface area contributed by atoms with Crippen LogP contribution in [0.1, 0.15) is 12.7 Å². The number of anilines is 1. The predicted octanol–water partition coefficient (Wildman–Crippen LogP) is 3.55. The van der Waals surface area contributed by atoms with Gasteiger partial charge in [-0.05, 0) is 49.4 Å². The van der Waals surface area contributed by atoms with Gasteiger partial charge in [0, 0.05) is 15.6 Å². The normalized spacial score (nSPS) is 12.4. The van der Waals surface area contributed by atoms with E-state index in [1.807, 2.05) is 0 Å². The molecule has 0 aliphatic carbocycles. The van der Waals surface area contributed by atoms with Crippen molar-refractivity contribution in [2.45, 2.75) is 32.3 Å². The summed E-state index contributed by atoms with van der Waals surface area (Å²) >= 11 is 12.0. The highest BCUT2D eigenvalue weighted by Gasteiger charge is 2.39. The number of alkyl halides is 3. The number of hydrogen-bond donors (Lipinski definition) is 2. The van der Waals surface area contributed by atoms with E-state index in [0.29, 0.717) is 21.3 Å². The molecule has 0 amide bonds. The van der Waals surface area contributed by atoms with Crippen LogP contribution in [0.4, 0.5) is 19.1 Å². The minimum atomic E-state index is -4.96. The number of nitrogens with zero attached hydrogens (tertiary/aromatic N) is 6. The molecule has 2 aromatic carbocycles. The lowest BCUT2D eigenvalue weighted by atomic mass is 10.2. The van der Waals surface area contributed by atoms with Gasteiger partial charge in [0.05, 0.1) is 18.8 Å². The highest BCUT2D eigenvalue weighted by Crippen LogP contribution is 2.24. The average Bonchev–Trinajstić information content (AvgIpc) is 3.44. The minimum absolute atomic E-state index is 0.0390. The standard InChI is InChI=1S/C24H22Cl2F3N7O4/c1-2-40-20(38)11-30-22-31-19(32-36(22)17-5-3-4-16(26)10-17)13-35-23(39)34(12-18(37)24(27,28)29)21(33-35)14-6-8-15(25)9-7-14/h3-10,18,37H,2,11-13H2,1H3,(H,30,31,32)/t18-/m0/s1. The summed E-state index contributed by atoms with van der Waals surface area (Å²) in [6, 6.07) is 12.5. The average molecular weight is 600 g/mol. The fourth-order valence-electron chi connectivity index (χ4n) is 3.62. The Bertz CT molecular complexity index is 1550. The molecule has 1 atom stereocenters. The third kappa shape index (κ3) is 6.81. The highest BCUT2D eigenvalue weighted by molar-refractivity contribution is 6.31. The molecule has 0 spiro atoms. The van der Waals surface area contributed by atoms with Gasteiger partial charge >= 0.3 is 17.8 Å². The summed E-state index contributed by atoms with van der Waals surface area (Å²) in [5.74, 6) is -0.518. The number of esters is 1. The van der Waals surface area contributed by atoms with Crippen LogP contribution in [0.2, 0.25) is 10.0 Å². The Kier molecular flexibility index (Phi) is 8.81. The van der Waals surface area contributed by atoms with Gasteiger partial charge in [0.15, 0.2) is 17.8 Å². The van der Waals surface area contributed by atoms with Crippen molar-refractivity contribution in [3.8, 4) is 17.1 Å². The summed E-state index contributed by atoms with van der Waals surface area (Å²) in [4.78, 5) is 29.4. The van der Waals surface area contributed by atoms with Crippen LogP contribution in [0.25, 0.3) is 17.1 Å². The molecule has 0 aliphatic heterocycles. The molecule has 0 fully saturated rings. The second kappa shape index (κ2) is 12.1. The van der Waals surface area contributed by atoms with Crippen molar-refractivity contribution in [1.82, 2.24) is 29.1 Å². The molecule has 0 saturated carbocycles. The number of rotatable bonds is 10. The monoisotopic (exact) mass is 599 g/mol. The predicted molar refractivity (Wildman–Crippen MR) is 140 cm³/mol. The number of aromatic nitrogens is 6. The number of aliphatic hydroxyl groups is 1. The molecular weight excluding hydrogens is 578 g/mol. The van der Waals surface area contributed by atoms with Crippen LogP contribution in [-0.2, 0) is 22.6 Å². The highest BCUT2D eigenvalue weighted by atomic mass is 35.5. The van der Waals surface area contributed by atoms with Gasteiger partial charge in [0.2, 0.25) is 5.95 Å². The van der Waals surface area contributed by atoms with E-state index in [1.54, 1.807) is 31.2 Å². The Labute approximate surface area is 234 Å². The van der Waals surface area contributed by atoms with Gasteiger partial charge in [0.25, 0.3) is 0 Å². The number of ether oxygens (including phenoxy) is 1. The molecule has 40 heavy (non-hydrogen) atoms. The quantitative estimate of drug-likeness (QED) is 0.265. The zero-order valence-electron chi connectivity index (χ0n) is 20.8. The summed E-state index contributed by atoms with van der Waals surface area (Å²) < 4.78 is 47.3. The van der Waals surface area contributed by atoms with E-state index in [0.717, 1.165) is 9.25 Å². The summed E-state index contributed by atoms with van der Waals surface area (Å²) in [6.45, 7) is 0.162. The summed E-state index contributed by atoms with van der Waals surface area (Å²) in [5.41, 5.74) is -0.164.